The fourth-order valence-electron chi connectivity index (χ4n) is 1.47. The van der Waals surface area contributed by atoms with Crippen molar-refractivity contribution in [3.8, 4) is 0 Å². The van der Waals surface area contributed by atoms with E-state index in [4.69, 9.17) is 0 Å². The van der Waals surface area contributed by atoms with E-state index in [-0.39, 0.29) is 0 Å². The molecule has 0 radical (unpaired) electrons. The van der Waals surface area contributed by atoms with E-state index >= 15 is 0 Å². The molecule has 0 bridgehead atoms. The Balaban J connectivity index is 2.25. The topological polar surface area (TPSA) is 24.4 Å². The maximum absolute atomic E-state index is 4.21. The molecule has 0 aromatic heterocycles. The molecule has 12 heavy (non-hydrogen) atoms. The van der Waals surface area contributed by atoms with Crippen molar-refractivity contribution in [2.75, 3.05) is 0 Å². The van der Waals surface area contributed by atoms with Gasteiger partial charge in [0.05, 0.1) is 5.71 Å². The van der Waals surface area contributed by atoms with Crippen LogP contribution in [0.4, 0.5) is 0 Å². The van der Waals surface area contributed by atoms with Crippen molar-refractivity contribution in [2.24, 2.45) is 5.10 Å². The minimum atomic E-state index is 0.605. The molecule has 68 valence electrons. The Hall–Kier alpha value is -0.790. The first-order chi connectivity index (χ1) is 5.83. The largest absolute Gasteiger partial charge is 0.307 e. The summed E-state index contributed by atoms with van der Waals surface area (Å²) in [4.78, 5) is 0. The first-order valence-electron chi connectivity index (χ1n) is 4.75. The van der Waals surface area contributed by atoms with Gasteiger partial charge >= 0.3 is 0 Å². The molecule has 0 amide bonds. The molecule has 0 heterocycles. The van der Waals surface area contributed by atoms with Gasteiger partial charge in [-0.25, -0.2) is 0 Å². The van der Waals surface area contributed by atoms with E-state index in [0.29, 0.717) is 6.04 Å². The van der Waals surface area contributed by atoms with E-state index in [0.717, 1.165) is 5.71 Å². The maximum Gasteiger partial charge on any atom is 0.0566 e. The van der Waals surface area contributed by atoms with Gasteiger partial charge in [0.1, 0.15) is 0 Å². The third-order valence-electron chi connectivity index (χ3n) is 2.32. The quantitative estimate of drug-likeness (QED) is 0.505. The van der Waals surface area contributed by atoms with Gasteiger partial charge in [0.25, 0.3) is 0 Å². The normalized spacial score (nSPS) is 20.6. The van der Waals surface area contributed by atoms with Crippen molar-refractivity contribution in [3.05, 3.63) is 12.7 Å². The fraction of sp³-hybridized carbons (Fsp3) is 0.700. The van der Waals surface area contributed by atoms with Crippen molar-refractivity contribution in [1.29, 1.82) is 0 Å². The van der Waals surface area contributed by atoms with Crippen molar-refractivity contribution in [2.45, 2.75) is 45.1 Å². The summed E-state index contributed by atoms with van der Waals surface area (Å²) in [6.45, 7) is 5.61. The highest BCUT2D eigenvalue weighted by Crippen LogP contribution is 2.17. The highest BCUT2D eigenvalue weighted by molar-refractivity contribution is 5.91. The first kappa shape index (κ1) is 9.30. The second-order valence-electron chi connectivity index (χ2n) is 3.42. The van der Waals surface area contributed by atoms with E-state index in [9.17, 15) is 0 Å². The zero-order valence-corrected chi connectivity index (χ0v) is 7.84. The van der Waals surface area contributed by atoms with Crippen LogP contribution in [-0.4, -0.2) is 11.8 Å². The summed E-state index contributed by atoms with van der Waals surface area (Å²) < 4.78 is 0. The second-order valence-corrected chi connectivity index (χ2v) is 3.42. The molecule has 0 aromatic rings. The van der Waals surface area contributed by atoms with Gasteiger partial charge in [-0.15, -0.1) is 0 Å². The van der Waals surface area contributed by atoms with Crippen LogP contribution in [0.25, 0.3) is 0 Å². The summed E-state index contributed by atoms with van der Waals surface area (Å²) >= 11 is 0. The lowest BCUT2D eigenvalue weighted by molar-refractivity contribution is 0.381. The fourth-order valence-corrected chi connectivity index (χ4v) is 1.47. The average Bonchev–Trinajstić information content (AvgIpc) is 2.16. The summed E-state index contributed by atoms with van der Waals surface area (Å²) in [6, 6.07) is 0.605. The molecule has 1 saturated carbocycles. The van der Waals surface area contributed by atoms with Gasteiger partial charge in [-0.2, -0.15) is 5.10 Å². The van der Waals surface area contributed by atoms with Gasteiger partial charge in [-0.1, -0.05) is 25.8 Å². The summed E-state index contributed by atoms with van der Waals surface area (Å²) in [5.74, 6) is 0. The predicted octanol–water partition coefficient (Wildman–Crippen LogP) is 2.47. The number of nitrogens with one attached hydrogen (secondary N) is 1. The van der Waals surface area contributed by atoms with E-state index < -0.39 is 0 Å². The van der Waals surface area contributed by atoms with Gasteiger partial charge in [0, 0.05) is 6.04 Å². The summed E-state index contributed by atoms with van der Waals surface area (Å²) in [6.07, 6.45) is 8.40. The molecule has 2 nitrogen and oxygen atoms in total. The van der Waals surface area contributed by atoms with Crippen molar-refractivity contribution < 1.29 is 0 Å². The molecule has 0 spiro atoms. The van der Waals surface area contributed by atoms with E-state index in [1.54, 1.807) is 6.08 Å². The molecular weight excluding hydrogens is 148 g/mol. The SMILES string of the molecule is C=CC(C)=NNC1CCCCC1. The summed E-state index contributed by atoms with van der Waals surface area (Å²) in [5.41, 5.74) is 4.16. The third-order valence-corrected chi connectivity index (χ3v) is 2.32. The van der Waals surface area contributed by atoms with Crippen molar-refractivity contribution in [3.63, 3.8) is 0 Å². The number of hydrazone groups is 1. The van der Waals surface area contributed by atoms with Gasteiger partial charge in [0.2, 0.25) is 0 Å². The van der Waals surface area contributed by atoms with E-state index in [2.05, 4.69) is 17.1 Å². The lowest BCUT2D eigenvalue weighted by atomic mass is 9.96. The van der Waals surface area contributed by atoms with Gasteiger partial charge in [-0.05, 0) is 25.8 Å². The van der Waals surface area contributed by atoms with Crippen LogP contribution in [0.1, 0.15) is 39.0 Å². The molecule has 0 atom stereocenters. The molecule has 1 N–H and O–H groups in total. The number of hydrogen-bond donors (Lipinski definition) is 1. The minimum Gasteiger partial charge on any atom is -0.307 e. The second kappa shape index (κ2) is 4.96. The van der Waals surface area contributed by atoms with Crippen LogP contribution in [0.5, 0.6) is 0 Å². The smallest absolute Gasteiger partial charge is 0.0566 e. The Morgan fingerprint density at radius 1 is 1.42 bits per heavy atom. The monoisotopic (exact) mass is 166 g/mol. The molecule has 2 heteroatoms. The molecular formula is C10H18N2. The summed E-state index contributed by atoms with van der Waals surface area (Å²) in [7, 11) is 0. The maximum atomic E-state index is 4.21. The molecule has 1 aliphatic carbocycles. The third kappa shape index (κ3) is 3.07. The summed E-state index contributed by atoms with van der Waals surface area (Å²) in [5, 5.41) is 4.21. The Kier molecular flexibility index (Phi) is 3.85. The van der Waals surface area contributed by atoms with Crippen molar-refractivity contribution >= 4 is 5.71 Å². The van der Waals surface area contributed by atoms with Gasteiger partial charge in [-0.3, -0.25) is 0 Å². The number of rotatable bonds is 3. The van der Waals surface area contributed by atoms with E-state index in [1.807, 2.05) is 6.92 Å². The van der Waals surface area contributed by atoms with Crippen LogP contribution in [0, 0.1) is 0 Å². The van der Waals surface area contributed by atoms with Crippen LogP contribution in [0.3, 0.4) is 0 Å². The zero-order valence-electron chi connectivity index (χ0n) is 7.84. The zero-order chi connectivity index (χ0) is 8.81. The molecule has 0 aromatic carbocycles. The van der Waals surface area contributed by atoms with Crippen LogP contribution in [0.2, 0.25) is 0 Å². The molecule has 0 saturated heterocycles. The average molecular weight is 166 g/mol. The van der Waals surface area contributed by atoms with Crippen LogP contribution >= 0.6 is 0 Å². The van der Waals surface area contributed by atoms with Gasteiger partial charge < -0.3 is 5.43 Å². The molecule has 0 aliphatic heterocycles. The molecule has 1 aliphatic rings. The van der Waals surface area contributed by atoms with Crippen molar-refractivity contribution in [1.82, 2.24) is 5.43 Å². The Labute approximate surface area is 74.7 Å². The lowest BCUT2D eigenvalue weighted by Crippen LogP contribution is -2.27. The molecule has 1 fully saturated rings. The van der Waals surface area contributed by atoms with Gasteiger partial charge in [0.15, 0.2) is 0 Å². The number of nitrogens with zero attached hydrogens (tertiary/aromatic N) is 1. The number of hydrogen-bond acceptors (Lipinski definition) is 2. The highest BCUT2D eigenvalue weighted by atomic mass is 15.3. The molecule has 0 unspecified atom stereocenters. The number of allylic oxidation sites excluding steroid dienone is 1. The van der Waals surface area contributed by atoms with E-state index in [1.165, 1.54) is 32.1 Å². The molecule has 1 rings (SSSR count). The Morgan fingerprint density at radius 2 is 2.08 bits per heavy atom. The first-order valence-corrected chi connectivity index (χ1v) is 4.75. The lowest BCUT2D eigenvalue weighted by Gasteiger charge is -2.20. The Morgan fingerprint density at radius 3 is 2.67 bits per heavy atom. The van der Waals surface area contributed by atoms with Crippen LogP contribution in [0.15, 0.2) is 17.8 Å². The standard InChI is InChI=1S/C10H18N2/c1-3-9(2)11-12-10-7-5-4-6-8-10/h3,10,12H,1,4-8H2,2H3. The van der Waals surface area contributed by atoms with Crippen LogP contribution < -0.4 is 5.43 Å². The van der Waals surface area contributed by atoms with Crippen LogP contribution in [-0.2, 0) is 0 Å². The predicted molar refractivity (Wildman–Crippen MR) is 53.3 cm³/mol. The Bertz CT molecular complexity index is 167. The minimum absolute atomic E-state index is 0.605. The highest BCUT2D eigenvalue weighted by Gasteiger charge is 2.11.